The van der Waals surface area contributed by atoms with Crippen LogP contribution in [0.3, 0.4) is 0 Å². The first-order valence-electron chi connectivity index (χ1n) is 4.63. The minimum absolute atomic E-state index is 0.000450. The Kier molecular flexibility index (Phi) is 2.40. The van der Waals surface area contributed by atoms with E-state index in [1.807, 2.05) is 0 Å². The van der Waals surface area contributed by atoms with Crippen LogP contribution in [0.4, 0.5) is 5.82 Å². The van der Waals surface area contributed by atoms with Crippen molar-refractivity contribution in [1.82, 2.24) is 10.1 Å². The summed E-state index contributed by atoms with van der Waals surface area (Å²) in [7, 11) is 0. The SMILES string of the molecule is CC(=O)N1CC(C(=O)Nc2ccon2)C1. The lowest BCUT2D eigenvalue weighted by Gasteiger charge is -2.37. The lowest BCUT2D eigenvalue weighted by molar-refractivity contribution is -0.139. The van der Waals surface area contributed by atoms with Gasteiger partial charge in [0.2, 0.25) is 11.8 Å². The number of nitrogens with one attached hydrogen (secondary N) is 1. The van der Waals surface area contributed by atoms with Gasteiger partial charge in [0.05, 0.1) is 5.92 Å². The molecular formula is C9H11N3O3. The molecule has 0 radical (unpaired) electrons. The van der Waals surface area contributed by atoms with Crippen molar-refractivity contribution in [3.05, 3.63) is 12.3 Å². The van der Waals surface area contributed by atoms with Gasteiger partial charge >= 0.3 is 0 Å². The first kappa shape index (κ1) is 9.70. The molecule has 1 aromatic heterocycles. The minimum Gasteiger partial charge on any atom is -0.363 e. The summed E-state index contributed by atoms with van der Waals surface area (Å²) < 4.78 is 4.58. The van der Waals surface area contributed by atoms with Gasteiger partial charge < -0.3 is 14.7 Å². The largest absolute Gasteiger partial charge is 0.363 e. The van der Waals surface area contributed by atoms with Crippen LogP contribution < -0.4 is 5.32 Å². The molecule has 2 amide bonds. The summed E-state index contributed by atoms with van der Waals surface area (Å²) in [5.41, 5.74) is 0. The zero-order chi connectivity index (χ0) is 10.8. The van der Waals surface area contributed by atoms with Crippen LogP contribution in [-0.4, -0.2) is 35.0 Å². The highest BCUT2D eigenvalue weighted by atomic mass is 16.5. The summed E-state index contributed by atoms with van der Waals surface area (Å²) >= 11 is 0. The van der Waals surface area contributed by atoms with Gasteiger partial charge in [0, 0.05) is 26.1 Å². The average Bonchev–Trinajstić information content (AvgIpc) is 2.52. The third kappa shape index (κ3) is 1.98. The molecule has 1 aliphatic rings. The second-order valence-electron chi connectivity index (χ2n) is 3.49. The molecule has 1 aliphatic heterocycles. The zero-order valence-electron chi connectivity index (χ0n) is 8.27. The Morgan fingerprint density at radius 1 is 1.60 bits per heavy atom. The molecule has 0 unspecified atom stereocenters. The normalized spacial score (nSPS) is 15.9. The maximum absolute atomic E-state index is 11.5. The number of amides is 2. The molecule has 80 valence electrons. The van der Waals surface area contributed by atoms with Crippen molar-refractivity contribution in [2.75, 3.05) is 18.4 Å². The Morgan fingerprint density at radius 3 is 2.87 bits per heavy atom. The lowest BCUT2D eigenvalue weighted by atomic mass is 9.99. The number of carbonyl (C=O) groups is 2. The third-order valence-corrected chi connectivity index (χ3v) is 2.39. The molecule has 2 rings (SSSR count). The van der Waals surface area contributed by atoms with Crippen molar-refractivity contribution in [1.29, 1.82) is 0 Å². The number of carbonyl (C=O) groups excluding carboxylic acids is 2. The van der Waals surface area contributed by atoms with E-state index in [4.69, 9.17) is 0 Å². The molecule has 15 heavy (non-hydrogen) atoms. The molecule has 0 atom stereocenters. The first-order chi connectivity index (χ1) is 7.16. The smallest absolute Gasteiger partial charge is 0.232 e. The van der Waals surface area contributed by atoms with Crippen molar-refractivity contribution in [3.63, 3.8) is 0 Å². The predicted octanol–water partition coefficient (Wildman–Crippen LogP) is 0.0914. The summed E-state index contributed by atoms with van der Waals surface area (Å²) in [6, 6.07) is 1.57. The van der Waals surface area contributed by atoms with Gasteiger partial charge in [-0.3, -0.25) is 9.59 Å². The molecule has 1 N–H and O–H groups in total. The van der Waals surface area contributed by atoms with Gasteiger partial charge in [-0.05, 0) is 0 Å². The number of nitrogens with zero attached hydrogens (tertiary/aromatic N) is 2. The highest BCUT2D eigenvalue weighted by Gasteiger charge is 2.34. The Hall–Kier alpha value is -1.85. The Bertz CT molecular complexity index is 368. The zero-order valence-corrected chi connectivity index (χ0v) is 8.27. The van der Waals surface area contributed by atoms with Gasteiger partial charge in [-0.15, -0.1) is 0 Å². The van der Waals surface area contributed by atoms with Gasteiger partial charge in [-0.2, -0.15) is 0 Å². The molecule has 0 bridgehead atoms. The average molecular weight is 209 g/mol. The van der Waals surface area contributed by atoms with Crippen LogP contribution in [0.5, 0.6) is 0 Å². The van der Waals surface area contributed by atoms with Gasteiger partial charge in [-0.25, -0.2) is 0 Å². The number of likely N-dealkylation sites (tertiary alicyclic amines) is 1. The van der Waals surface area contributed by atoms with Gasteiger partial charge in [-0.1, -0.05) is 5.16 Å². The van der Waals surface area contributed by atoms with Gasteiger partial charge in [0.25, 0.3) is 0 Å². The number of aromatic nitrogens is 1. The van der Waals surface area contributed by atoms with E-state index < -0.39 is 0 Å². The molecule has 0 saturated carbocycles. The number of rotatable bonds is 2. The van der Waals surface area contributed by atoms with Gasteiger partial charge in [0.15, 0.2) is 5.82 Å². The number of anilines is 1. The standard InChI is InChI=1S/C9H11N3O3/c1-6(13)12-4-7(5-12)9(14)10-8-2-3-15-11-8/h2-3,7H,4-5H2,1H3,(H,10,11,14). The Morgan fingerprint density at radius 2 is 2.33 bits per heavy atom. The molecule has 6 heteroatoms. The number of hydrogen-bond donors (Lipinski definition) is 1. The van der Waals surface area contributed by atoms with E-state index in [1.54, 1.807) is 11.0 Å². The molecule has 0 aliphatic carbocycles. The fraction of sp³-hybridized carbons (Fsp3) is 0.444. The highest BCUT2D eigenvalue weighted by Crippen LogP contribution is 2.17. The monoisotopic (exact) mass is 209 g/mol. The molecule has 1 saturated heterocycles. The van der Waals surface area contributed by atoms with Crippen LogP contribution in [0.1, 0.15) is 6.92 Å². The van der Waals surface area contributed by atoms with Crippen molar-refractivity contribution in [3.8, 4) is 0 Å². The van der Waals surface area contributed by atoms with E-state index in [1.165, 1.54) is 13.2 Å². The summed E-state index contributed by atoms with van der Waals surface area (Å²) in [5.74, 6) is 0.147. The van der Waals surface area contributed by atoms with Crippen LogP contribution in [-0.2, 0) is 9.59 Å². The highest BCUT2D eigenvalue weighted by molar-refractivity contribution is 5.93. The summed E-state index contributed by atoms with van der Waals surface area (Å²) in [6.07, 6.45) is 1.39. The third-order valence-electron chi connectivity index (χ3n) is 2.39. The molecule has 1 fully saturated rings. The molecule has 0 spiro atoms. The molecule has 6 nitrogen and oxygen atoms in total. The lowest BCUT2D eigenvalue weighted by Crippen LogP contribution is -2.53. The molecule has 0 aromatic carbocycles. The van der Waals surface area contributed by atoms with Crippen LogP contribution >= 0.6 is 0 Å². The molecular weight excluding hydrogens is 198 g/mol. The van der Waals surface area contributed by atoms with Crippen LogP contribution in [0.2, 0.25) is 0 Å². The van der Waals surface area contributed by atoms with E-state index in [2.05, 4.69) is 15.0 Å². The van der Waals surface area contributed by atoms with E-state index in [0.717, 1.165) is 0 Å². The van der Waals surface area contributed by atoms with Crippen LogP contribution in [0.15, 0.2) is 16.9 Å². The Balaban J connectivity index is 1.82. The maximum atomic E-state index is 11.5. The second-order valence-corrected chi connectivity index (χ2v) is 3.49. The van der Waals surface area contributed by atoms with Gasteiger partial charge in [0.1, 0.15) is 6.26 Å². The predicted molar refractivity (Wildman–Crippen MR) is 50.9 cm³/mol. The summed E-state index contributed by atoms with van der Waals surface area (Å²) in [4.78, 5) is 24.0. The molecule has 2 heterocycles. The Labute approximate surface area is 86.2 Å². The quantitative estimate of drug-likeness (QED) is 0.749. The van der Waals surface area contributed by atoms with Crippen molar-refractivity contribution in [2.24, 2.45) is 5.92 Å². The maximum Gasteiger partial charge on any atom is 0.232 e. The second kappa shape index (κ2) is 3.72. The van der Waals surface area contributed by atoms with E-state index in [0.29, 0.717) is 18.9 Å². The molecule has 1 aromatic rings. The fourth-order valence-electron chi connectivity index (χ4n) is 1.41. The van der Waals surface area contributed by atoms with Crippen molar-refractivity contribution < 1.29 is 14.1 Å². The summed E-state index contributed by atoms with van der Waals surface area (Å²) in [5, 5.41) is 6.17. The van der Waals surface area contributed by atoms with Crippen molar-refractivity contribution >= 4 is 17.6 Å². The minimum atomic E-state index is -0.134. The van der Waals surface area contributed by atoms with Crippen LogP contribution in [0.25, 0.3) is 0 Å². The van der Waals surface area contributed by atoms with E-state index in [-0.39, 0.29) is 17.7 Å². The fourth-order valence-corrected chi connectivity index (χ4v) is 1.41. The first-order valence-corrected chi connectivity index (χ1v) is 4.63. The van der Waals surface area contributed by atoms with Crippen molar-refractivity contribution in [2.45, 2.75) is 6.92 Å². The van der Waals surface area contributed by atoms with E-state index >= 15 is 0 Å². The van der Waals surface area contributed by atoms with Crippen LogP contribution in [0, 0.1) is 5.92 Å². The number of hydrogen-bond acceptors (Lipinski definition) is 4. The van der Waals surface area contributed by atoms with E-state index in [9.17, 15) is 9.59 Å². The summed E-state index contributed by atoms with van der Waals surface area (Å²) in [6.45, 7) is 2.46. The topological polar surface area (TPSA) is 75.4 Å².